The summed E-state index contributed by atoms with van der Waals surface area (Å²) in [5, 5.41) is 8.94. The first kappa shape index (κ1) is 22.2. The number of halogens is 2. The summed E-state index contributed by atoms with van der Waals surface area (Å²) in [6, 6.07) is 14.5. The van der Waals surface area contributed by atoms with Crippen molar-refractivity contribution in [3.8, 4) is 17.1 Å². The number of amides is 1. The molecule has 5 aromatic rings. The number of ketones is 1. The Bertz CT molecular complexity index is 1520. The molecule has 7 nitrogen and oxygen atoms in total. The van der Waals surface area contributed by atoms with Gasteiger partial charge in [-0.3, -0.25) is 9.59 Å². The van der Waals surface area contributed by atoms with Crippen molar-refractivity contribution >= 4 is 28.7 Å². The number of hydrogen-bond donors (Lipinski definition) is 1. The number of nitrogens with one attached hydrogen (secondary N) is 1. The maximum absolute atomic E-state index is 14.4. The Morgan fingerprint density at radius 2 is 1.74 bits per heavy atom. The minimum absolute atomic E-state index is 0.141. The summed E-state index contributed by atoms with van der Waals surface area (Å²) in [4.78, 5) is 34.0. The van der Waals surface area contributed by atoms with E-state index in [-0.39, 0.29) is 21.8 Å². The van der Waals surface area contributed by atoms with Gasteiger partial charge in [-0.1, -0.05) is 6.07 Å². The third-order valence-corrected chi connectivity index (χ3v) is 5.83. The van der Waals surface area contributed by atoms with Gasteiger partial charge in [0, 0.05) is 35.2 Å². The Labute approximate surface area is 201 Å². The molecule has 1 N–H and O–H groups in total. The molecule has 3 heterocycles. The zero-order valence-corrected chi connectivity index (χ0v) is 18.7. The summed E-state index contributed by atoms with van der Waals surface area (Å²) >= 11 is 1.09. The summed E-state index contributed by atoms with van der Waals surface area (Å²) in [6.45, 7) is 0. The molecular formula is C25H15F2N5O2S. The number of hydrogen-bond acceptors (Lipinski definition) is 6. The number of nitrogens with zero attached hydrogens (tertiary/aromatic N) is 4. The smallest absolute Gasteiger partial charge is 0.259 e. The van der Waals surface area contributed by atoms with Crippen LogP contribution in [0.5, 0.6) is 0 Å². The molecule has 0 unspecified atom stereocenters. The number of pyridine rings is 1. The van der Waals surface area contributed by atoms with Gasteiger partial charge in [0.2, 0.25) is 5.78 Å². The van der Waals surface area contributed by atoms with Crippen LogP contribution in [0.2, 0.25) is 0 Å². The van der Waals surface area contributed by atoms with E-state index in [1.807, 2.05) is 0 Å². The molecule has 0 spiro atoms. The highest BCUT2D eigenvalue weighted by atomic mass is 32.1. The standard InChI is InChI=1S/C25H15F2N5O2S/c26-16-6-4-15(5-7-16)22-19(14-32(31-22)21-3-1-2-10-28-21)24(34)30-17-8-9-20(27)18(13-17)23(33)25-29-11-12-35-25/h1-14H,(H,30,34). The van der Waals surface area contributed by atoms with Crippen LogP contribution in [0.25, 0.3) is 17.1 Å². The van der Waals surface area contributed by atoms with Crippen molar-refractivity contribution in [3.63, 3.8) is 0 Å². The highest BCUT2D eigenvalue weighted by molar-refractivity contribution is 7.11. The molecule has 0 saturated carbocycles. The van der Waals surface area contributed by atoms with Crippen LogP contribution in [-0.4, -0.2) is 31.4 Å². The van der Waals surface area contributed by atoms with Gasteiger partial charge in [0.05, 0.1) is 11.1 Å². The van der Waals surface area contributed by atoms with Gasteiger partial charge in [0.25, 0.3) is 5.91 Å². The summed E-state index contributed by atoms with van der Waals surface area (Å²) in [5.74, 6) is -1.80. The highest BCUT2D eigenvalue weighted by Crippen LogP contribution is 2.26. The van der Waals surface area contributed by atoms with Gasteiger partial charge >= 0.3 is 0 Å². The molecule has 1 amide bonds. The van der Waals surface area contributed by atoms with E-state index in [4.69, 9.17) is 0 Å². The predicted molar refractivity (Wildman–Crippen MR) is 127 cm³/mol. The van der Waals surface area contributed by atoms with Gasteiger partial charge in [-0.05, 0) is 54.6 Å². The van der Waals surface area contributed by atoms with Crippen molar-refractivity contribution < 1.29 is 18.4 Å². The molecule has 0 radical (unpaired) electrons. The van der Waals surface area contributed by atoms with E-state index in [0.717, 1.165) is 17.4 Å². The van der Waals surface area contributed by atoms with Crippen LogP contribution in [-0.2, 0) is 0 Å². The first-order chi connectivity index (χ1) is 17.0. The molecule has 0 aliphatic heterocycles. The van der Waals surface area contributed by atoms with Crippen LogP contribution >= 0.6 is 11.3 Å². The first-order valence-corrected chi connectivity index (χ1v) is 11.2. The van der Waals surface area contributed by atoms with Crippen molar-refractivity contribution in [2.75, 3.05) is 5.32 Å². The second-order valence-corrected chi connectivity index (χ2v) is 8.24. The number of anilines is 1. The third kappa shape index (κ3) is 4.59. The van der Waals surface area contributed by atoms with Crippen molar-refractivity contribution in [1.82, 2.24) is 19.7 Å². The van der Waals surface area contributed by atoms with E-state index in [1.165, 1.54) is 53.5 Å². The molecule has 5 rings (SSSR count). The predicted octanol–water partition coefficient (Wildman–Crippen LogP) is 5.15. The number of thiazole rings is 1. The summed E-state index contributed by atoms with van der Waals surface area (Å²) < 4.78 is 29.3. The zero-order chi connectivity index (χ0) is 24.4. The number of rotatable bonds is 6. The van der Waals surface area contributed by atoms with Crippen molar-refractivity contribution in [2.45, 2.75) is 0 Å². The fraction of sp³-hybridized carbons (Fsp3) is 0. The molecule has 0 aliphatic carbocycles. The summed E-state index contributed by atoms with van der Waals surface area (Å²) in [6.07, 6.45) is 4.55. The molecule has 0 atom stereocenters. The summed E-state index contributed by atoms with van der Waals surface area (Å²) in [7, 11) is 0. The van der Waals surface area contributed by atoms with Gasteiger partial charge in [-0.15, -0.1) is 11.3 Å². The fourth-order valence-corrected chi connectivity index (χ4v) is 3.98. The van der Waals surface area contributed by atoms with Gasteiger partial charge in [0.15, 0.2) is 10.8 Å². The lowest BCUT2D eigenvalue weighted by Crippen LogP contribution is -2.13. The lowest BCUT2D eigenvalue weighted by molar-refractivity contribution is 0.102. The SMILES string of the molecule is O=C(c1nccs1)c1cc(NC(=O)c2cn(-c3ccccn3)nc2-c2ccc(F)cc2)ccc1F. The van der Waals surface area contributed by atoms with Crippen molar-refractivity contribution in [2.24, 2.45) is 0 Å². The van der Waals surface area contributed by atoms with Crippen LogP contribution in [0.3, 0.4) is 0 Å². The average Bonchev–Trinajstić information content (AvgIpc) is 3.57. The minimum atomic E-state index is -0.724. The molecule has 0 bridgehead atoms. The monoisotopic (exact) mass is 487 g/mol. The Balaban J connectivity index is 1.50. The van der Waals surface area contributed by atoms with Crippen LogP contribution in [0.4, 0.5) is 14.5 Å². The lowest BCUT2D eigenvalue weighted by atomic mass is 10.1. The average molecular weight is 487 g/mol. The molecule has 2 aromatic carbocycles. The number of carbonyl (C=O) groups excluding carboxylic acids is 2. The largest absolute Gasteiger partial charge is 0.322 e. The molecule has 35 heavy (non-hydrogen) atoms. The molecule has 3 aromatic heterocycles. The van der Waals surface area contributed by atoms with Crippen LogP contribution in [0.15, 0.2) is 84.6 Å². The summed E-state index contributed by atoms with van der Waals surface area (Å²) in [5.41, 5.74) is 1.01. The normalized spacial score (nSPS) is 10.8. The quantitative estimate of drug-likeness (QED) is 0.335. The van der Waals surface area contributed by atoms with Crippen molar-refractivity contribution in [1.29, 1.82) is 0 Å². The molecule has 0 aliphatic rings. The van der Waals surface area contributed by atoms with E-state index in [1.54, 1.807) is 29.8 Å². The van der Waals surface area contributed by atoms with E-state index in [2.05, 4.69) is 20.4 Å². The Morgan fingerprint density at radius 3 is 2.46 bits per heavy atom. The Morgan fingerprint density at radius 1 is 0.914 bits per heavy atom. The maximum atomic E-state index is 14.4. The second kappa shape index (κ2) is 9.35. The van der Waals surface area contributed by atoms with E-state index in [9.17, 15) is 18.4 Å². The van der Waals surface area contributed by atoms with Gasteiger partial charge in [0.1, 0.15) is 17.3 Å². The highest BCUT2D eigenvalue weighted by Gasteiger charge is 2.21. The molecular weight excluding hydrogens is 472 g/mol. The van der Waals surface area contributed by atoms with Crippen molar-refractivity contribution in [3.05, 3.63) is 112 Å². The van der Waals surface area contributed by atoms with Gasteiger partial charge in [-0.2, -0.15) is 5.10 Å². The van der Waals surface area contributed by atoms with Gasteiger partial charge < -0.3 is 5.32 Å². The topological polar surface area (TPSA) is 89.8 Å². The van der Waals surface area contributed by atoms with Gasteiger partial charge in [-0.25, -0.2) is 23.4 Å². The molecule has 10 heteroatoms. The zero-order valence-electron chi connectivity index (χ0n) is 17.9. The lowest BCUT2D eigenvalue weighted by Gasteiger charge is -2.08. The minimum Gasteiger partial charge on any atom is -0.322 e. The fourth-order valence-electron chi connectivity index (χ4n) is 3.39. The second-order valence-electron chi connectivity index (χ2n) is 7.35. The van der Waals surface area contributed by atoms with E-state index >= 15 is 0 Å². The molecule has 172 valence electrons. The third-order valence-electron chi connectivity index (χ3n) is 5.06. The Kier molecular flexibility index (Phi) is 5.94. The van der Waals surface area contributed by atoms with E-state index in [0.29, 0.717) is 17.1 Å². The molecule has 0 fully saturated rings. The maximum Gasteiger partial charge on any atom is 0.259 e. The number of aromatic nitrogens is 4. The number of benzene rings is 2. The van der Waals surface area contributed by atoms with Crippen LogP contribution in [0, 0.1) is 11.6 Å². The van der Waals surface area contributed by atoms with E-state index < -0.39 is 23.3 Å². The first-order valence-electron chi connectivity index (χ1n) is 10.3. The van der Waals surface area contributed by atoms with Crippen LogP contribution < -0.4 is 5.32 Å². The Hall–Kier alpha value is -4.57. The van der Waals surface area contributed by atoms with Crippen LogP contribution in [0.1, 0.15) is 25.7 Å². The number of carbonyl (C=O) groups is 2. The molecule has 0 saturated heterocycles.